The Morgan fingerprint density at radius 3 is 1.26 bits per heavy atom. The Morgan fingerprint density at radius 2 is 0.765 bits per heavy atom. The van der Waals surface area contributed by atoms with Crippen LogP contribution < -0.4 is 0 Å². The van der Waals surface area contributed by atoms with Crippen LogP contribution in [0.15, 0.2) is 118 Å². The molecule has 5 aromatic carbocycles. The topological polar surface area (TPSA) is 26.3 Å². The molecule has 2 nitrogen and oxygen atoms in total. The largest absolute Gasteiger partial charge is 0.456 e. The number of rotatable bonds is 2. The summed E-state index contributed by atoms with van der Waals surface area (Å²) >= 11 is 0. The first kappa shape index (κ1) is 20.3. The average molecular weight is 441 g/mol. The van der Waals surface area contributed by atoms with Gasteiger partial charge in [-0.2, -0.15) is 0 Å². The molecule has 7 aromatic rings. The van der Waals surface area contributed by atoms with Crippen molar-refractivity contribution >= 4 is 43.9 Å². The molecule has 0 bridgehead atoms. The molecule has 0 aliphatic rings. The minimum Gasteiger partial charge on any atom is -0.456 e. The van der Waals surface area contributed by atoms with Crippen molar-refractivity contribution in [3.63, 3.8) is 0 Å². The highest BCUT2D eigenvalue weighted by Gasteiger charge is 2.10. The fourth-order valence-corrected chi connectivity index (χ4v) is 4.69. The number of benzene rings is 5. The van der Waals surface area contributed by atoms with Crippen molar-refractivity contribution in [2.24, 2.45) is 0 Å². The van der Waals surface area contributed by atoms with Gasteiger partial charge in [-0.05, 0) is 64.7 Å². The smallest absolute Gasteiger partial charge is 0.135 e. The maximum Gasteiger partial charge on any atom is 0.135 e. The predicted molar refractivity (Wildman–Crippen MR) is 143 cm³/mol. The van der Waals surface area contributed by atoms with Crippen molar-refractivity contribution in [2.45, 2.75) is 13.8 Å². The highest BCUT2D eigenvalue weighted by Crippen LogP contribution is 2.35. The summed E-state index contributed by atoms with van der Waals surface area (Å²) in [6.07, 6.45) is 0. The Balaban J connectivity index is 0.00000106. The Labute approximate surface area is 198 Å². The van der Waals surface area contributed by atoms with Gasteiger partial charge < -0.3 is 8.83 Å². The molecule has 0 aliphatic heterocycles. The van der Waals surface area contributed by atoms with Gasteiger partial charge in [0, 0.05) is 21.5 Å². The Bertz CT molecular complexity index is 1650. The van der Waals surface area contributed by atoms with Crippen LogP contribution in [0.1, 0.15) is 13.8 Å². The quantitative estimate of drug-likeness (QED) is 0.267. The van der Waals surface area contributed by atoms with E-state index in [1.165, 1.54) is 22.3 Å². The van der Waals surface area contributed by atoms with Gasteiger partial charge in [0.05, 0.1) is 0 Å². The van der Waals surface area contributed by atoms with Crippen molar-refractivity contribution in [1.82, 2.24) is 0 Å². The summed E-state index contributed by atoms with van der Waals surface area (Å²) in [5, 5.41) is 4.60. The lowest BCUT2D eigenvalue weighted by Crippen LogP contribution is -1.82. The van der Waals surface area contributed by atoms with E-state index in [1.807, 2.05) is 38.1 Å². The Morgan fingerprint density at radius 1 is 0.353 bits per heavy atom. The number of furan rings is 2. The molecule has 0 atom stereocenters. The van der Waals surface area contributed by atoms with Gasteiger partial charge in [0.25, 0.3) is 0 Å². The van der Waals surface area contributed by atoms with Crippen LogP contribution >= 0.6 is 0 Å². The summed E-state index contributed by atoms with van der Waals surface area (Å²) < 4.78 is 12.0. The molecule has 0 N–H and O–H groups in total. The number of hydrogen-bond acceptors (Lipinski definition) is 2. The van der Waals surface area contributed by atoms with Crippen LogP contribution in [-0.2, 0) is 0 Å². The zero-order chi connectivity index (χ0) is 23.1. The SMILES string of the molecule is CC.c1cc(-c2ccc3oc4ccccc4c3c2)cc(-c2ccc3oc4ccccc4c3c2)c1. The molecule has 0 spiro atoms. The Hall–Kier alpha value is -4.30. The summed E-state index contributed by atoms with van der Waals surface area (Å²) in [4.78, 5) is 0. The number of fused-ring (bicyclic) bond motifs is 6. The summed E-state index contributed by atoms with van der Waals surface area (Å²) in [7, 11) is 0. The third-order valence-electron chi connectivity index (χ3n) is 6.28. The van der Waals surface area contributed by atoms with E-state index in [1.54, 1.807) is 0 Å². The first-order valence-corrected chi connectivity index (χ1v) is 11.8. The molecule has 0 saturated carbocycles. The molecule has 164 valence electrons. The molecule has 2 heteroatoms. The lowest BCUT2D eigenvalue weighted by molar-refractivity contribution is 0.668. The normalized spacial score (nSPS) is 11.2. The fraction of sp³-hybridized carbons (Fsp3) is 0.0625. The van der Waals surface area contributed by atoms with Gasteiger partial charge in [0.2, 0.25) is 0 Å². The summed E-state index contributed by atoms with van der Waals surface area (Å²) in [5.74, 6) is 0. The van der Waals surface area contributed by atoms with Crippen LogP contribution in [0.2, 0.25) is 0 Å². The second kappa shape index (κ2) is 8.24. The van der Waals surface area contributed by atoms with Crippen molar-refractivity contribution in [3.05, 3.63) is 109 Å². The van der Waals surface area contributed by atoms with Crippen molar-refractivity contribution in [3.8, 4) is 22.3 Å². The first-order chi connectivity index (χ1) is 16.8. The molecular weight excluding hydrogens is 416 g/mol. The monoisotopic (exact) mass is 440 g/mol. The van der Waals surface area contributed by atoms with Crippen LogP contribution in [0.5, 0.6) is 0 Å². The maximum atomic E-state index is 6.00. The standard InChI is InChI=1S/C30H18O2.C2H6/c1-3-10-27-23(8-1)25-17-21(12-14-29(25)31-27)19-6-5-7-20(16-19)22-13-15-30-26(18-22)24-9-2-4-11-28(24)32-30;1-2/h1-18H;1-2H3. The van der Waals surface area contributed by atoms with Crippen molar-refractivity contribution in [2.75, 3.05) is 0 Å². The van der Waals surface area contributed by atoms with E-state index in [4.69, 9.17) is 8.83 Å². The molecular formula is C32H24O2. The number of hydrogen-bond donors (Lipinski definition) is 0. The lowest BCUT2D eigenvalue weighted by atomic mass is 9.97. The highest BCUT2D eigenvalue weighted by molar-refractivity contribution is 6.07. The van der Waals surface area contributed by atoms with Crippen LogP contribution in [0.3, 0.4) is 0 Å². The van der Waals surface area contributed by atoms with E-state index in [0.29, 0.717) is 0 Å². The van der Waals surface area contributed by atoms with Crippen LogP contribution in [0, 0.1) is 0 Å². The third-order valence-corrected chi connectivity index (χ3v) is 6.28. The van der Waals surface area contributed by atoms with E-state index in [0.717, 1.165) is 43.9 Å². The van der Waals surface area contributed by atoms with Gasteiger partial charge in [0.15, 0.2) is 0 Å². The lowest BCUT2D eigenvalue weighted by Gasteiger charge is -2.07. The molecule has 0 amide bonds. The van der Waals surface area contributed by atoms with E-state index in [9.17, 15) is 0 Å². The molecule has 0 aliphatic carbocycles. The minimum absolute atomic E-state index is 0.920. The van der Waals surface area contributed by atoms with Gasteiger partial charge in [-0.15, -0.1) is 0 Å². The van der Waals surface area contributed by atoms with Crippen LogP contribution in [0.4, 0.5) is 0 Å². The molecule has 7 rings (SSSR count). The van der Waals surface area contributed by atoms with Gasteiger partial charge in [0.1, 0.15) is 22.3 Å². The van der Waals surface area contributed by atoms with Gasteiger partial charge >= 0.3 is 0 Å². The van der Waals surface area contributed by atoms with Gasteiger partial charge in [-0.1, -0.05) is 80.6 Å². The second-order valence-corrected chi connectivity index (χ2v) is 8.20. The summed E-state index contributed by atoms with van der Waals surface area (Å²) in [6, 6.07) is 38.0. The molecule has 2 aromatic heterocycles. The molecule has 34 heavy (non-hydrogen) atoms. The molecule has 0 fully saturated rings. The maximum absolute atomic E-state index is 6.00. The molecule has 0 radical (unpaired) electrons. The zero-order valence-electron chi connectivity index (χ0n) is 19.2. The minimum atomic E-state index is 0.920. The van der Waals surface area contributed by atoms with E-state index < -0.39 is 0 Å². The highest BCUT2D eigenvalue weighted by atomic mass is 16.3. The Kier molecular flexibility index (Phi) is 4.92. The molecule has 0 unspecified atom stereocenters. The fourth-order valence-electron chi connectivity index (χ4n) is 4.69. The summed E-state index contributed by atoms with van der Waals surface area (Å²) in [6.45, 7) is 4.00. The third kappa shape index (κ3) is 3.27. The van der Waals surface area contributed by atoms with Crippen LogP contribution in [0.25, 0.3) is 66.1 Å². The van der Waals surface area contributed by atoms with E-state index in [2.05, 4.69) is 84.9 Å². The second-order valence-electron chi connectivity index (χ2n) is 8.20. The first-order valence-electron chi connectivity index (χ1n) is 11.8. The predicted octanol–water partition coefficient (Wildman–Crippen LogP) is 9.85. The van der Waals surface area contributed by atoms with E-state index >= 15 is 0 Å². The summed E-state index contributed by atoms with van der Waals surface area (Å²) in [5.41, 5.74) is 8.43. The number of para-hydroxylation sites is 2. The van der Waals surface area contributed by atoms with E-state index in [-0.39, 0.29) is 0 Å². The average Bonchev–Trinajstić information content (AvgIpc) is 3.47. The van der Waals surface area contributed by atoms with Crippen molar-refractivity contribution < 1.29 is 8.83 Å². The van der Waals surface area contributed by atoms with Gasteiger partial charge in [-0.25, -0.2) is 0 Å². The van der Waals surface area contributed by atoms with Gasteiger partial charge in [-0.3, -0.25) is 0 Å². The van der Waals surface area contributed by atoms with Crippen molar-refractivity contribution in [1.29, 1.82) is 0 Å². The molecule has 2 heterocycles. The van der Waals surface area contributed by atoms with Crippen LogP contribution in [-0.4, -0.2) is 0 Å². The zero-order valence-corrected chi connectivity index (χ0v) is 19.2. The molecule has 0 saturated heterocycles.